The van der Waals surface area contributed by atoms with E-state index < -0.39 is 0 Å². The molecule has 1 aliphatic heterocycles. The Morgan fingerprint density at radius 2 is 1.38 bits per heavy atom. The number of aliphatic imine (C=N–C) groups is 1. The standard InChI is InChI=1S/C36H25N3/c1-2-11-25(12-3-1)35-36(38-31-16-8-7-15-30(31)37-35)26-18-21-27(22-19-26)39-32-17-9-6-14-29(32)34-28-13-5-4-10-24(28)20-23-33(34)39/h1-23,31,38H. The van der Waals surface area contributed by atoms with Crippen LogP contribution in [-0.2, 0) is 0 Å². The van der Waals surface area contributed by atoms with Crippen LogP contribution in [0.4, 0.5) is 0 Å². The number of allylic oxidation sites excluding steroid dienone is 2. The number of nitrogens with one attached hydrogen (secondary N) is 1. The lowest BCUT2D eigenvalue weighted by Gasteiger charge is -2.28. The highest BCUT2D eigenvalue weighted by Crippen LogP contribution is 2.37. The van der Waals surface area contributed by atoms with Gasteiger partial charge in [0, 0.05) is 22.0 Å². The lowest BCUT2D eigenvalue weighted by Crippen LogP contribution is -2.37. The van der Waals surface area contributed by atoms with Crippen molar-refractivity contribution in [2.75, 3.05) is 0 Å². The molecule has 39 heavy (non-hydrogen) atoms. The highest BCUT2D eigenvalue weighted by molar-refractivity contribution is 6.21. The van der Waals surface area contributed by atoms with Crippen LogP contribution in [0.2, 0.25) is 0 Å². The van der Waals surface area contributed by atoms with Crippen molar-refractivity contribution in [1.82, 2.24) is 9.88 Å². The zero-order chi connectivity index (χ0) is 25.8. The van der Waals surface area contributed by atoms with E-state index in [0.717, 1.165) is 33.9 Å². The third-order valence-electron chi connectivity index (χ3n) is 7.80. The summed E-state index contributed by atoms with van der Waals surface area (Å²) in [6, 6.07) is 41.2. The van der Waals surface area contributed by atoms with Crippen molar-refractivity contribution in [1.29, 1.82) is 0 Å². The van der Waals surface area contributed by atoms with Crippen LogP contribution < -0.4 is 5.32 Å². The van der Waals surface area contributed by atoms with E-state index in [0.29, 0.717) is 0 Å². The minimum Gasteiger partial charge on any atom is -0.371 e. The Kier molecular flexibility index (Phi) is 4.89. The Balaban J connectivity index is 1.31. The molecule has 0 amide bonds. The van der Waals surface area contributed by atoms with Gasteiger partial charge in [0.05, 0.1) is 34.2 Å². The van der Waals surface area contributed by atoms with E-state index in [-0.39, 0.29) is 6.04 Å². The molecule has 8 rings (SSSR count). The molecule has 3 nitrogen and oxygen atoms in total. The van der Waals surface area contributed by atoms with E-state index in [2.05, 4.69) is 137 Å². The number of hydrogen-bond donors (Lipinski definition) is 1. The Bertz CT molecular complexity index is 2020. The van der Waals surface area contributed by atoms with Crippen molar-refractivity contribution in [2.24, 2.45) is 4.99 Å². The van der Waals surface area contributed by atoms with Crippen molar-refractivity contribution >= 4 is 49.7 Å². The van der Waals surface area contributed by atoms with Crippen LogP contribution in [0.15, 0.2) is 145 Å². The van der Waals surface area contributed by atoms with Crippen molar-refractivity contribution in [2.45, 2.75) is 6.04 Å². The summed E-state index contributed by atoms with van der Waals surface area (Å²) >= 11 is 0. The number of rotatable bonds is 3. The predicted octanol–water partition coefficient (Wildman–Crippen LogP) is 8.30. The summed E-state index contributed by atoms with van der Waals surface area (Å²) < 4.78 is 2.38. The van der Waals surface area contributed by atoms with Gasteiger partial charge in [-0.2, -0.15) is 0 Å². The molecule has 5 aromatic carbocycles. The number of nitrogens with zero attached hydrogens (tertiary/aromatic N) is 2. The summed E-state index contributed by atoms with van der Waals surface area (Å²) in [6.07, 6.45) is 8.38. The normalized spacial score (nSPS) is 16.5. The molecule has 0 radical (unpaired) electrons. The molecule has 184 valence electrons. The fourth-order valence-corrected chi connectivity index (χ4v) is 5.99. The second kappa shape index (κ2) is 8.71. The lowest BCUT2D eigenvalue weighted by atomic mass is 9.98. The van der Waals surface area contributed by atoms with E-state index in [4.69, 9.17) is 4.99 Å². The van der Waals surface area contributed by atoms with Crippen molar-refractivity contribution in [3.8, 4) is 5.69 Å². The topological polar surface area (TPSA) is 29.3 Å². The molecule has 0 bridgehead atoms. The quantitative estimate of drug-likeness (QED) is 0.261. The smallest absolute Gasteiger partial charge is 0.0944 e. The van der Waals surface area contributed by atoms with Gasteiger partial charge < -0.3 is 9.88 Å². The highest BCUT2D eigenvalue weighted by atomic mass is 15.0. The summed E-state index contributed by atoms with van der Waals surface area (Å²) in [6.45, 7) is 0. The van der Waals surface area contributed by atoms with Gasteiger partial charge in [-0.3, -0.25) is 0 Å². The maximum atomic E-state index is 5.11. The average Bonchev–Trinajstić information content (AvgIpc) is 3.36. The fraction of sp³-hybridized carbons (Fsp3) is 0.0278. The van der Waals surface area contributed by atoms with E-state index in [9.17, 15) is 0 Å². The molecule has 1 atom stereocenters. The number of para-hydroxylation sites is 1. The lowest BCUT2D eigenvalue weighted by molar-refractivity contribution is 0.882. The zero-order valence-electron chi connectivity index (χ0n) is 21.3. The number of aromatic nitrogens is 1. The third kappa shape index (κ3) is 3.48. The molecule has 1 N–H and O–H groups in total. The molecule has 1 aliphatic carbocycles. The van der Waals surface area contributed by atoms with Crippen molar-refractivity contribution < 1.29 is 0 Å². The highest BCUT2D eigenvalue weighted by Gasteiger charge is 2.24. The molecule has 0 fully saturated rings. The summed E-state index contributed by atoms with van der Waals surface area (Å²) in [4.78, 5) is 5.11. The minimum absolute atomic E-state index is 0.0720. The van der Waals surface area contributed by atoms with E-state index in [1.807, 2.05) is 12.1 Å². The van der Waals surface area contributed by atoms with Gasteiger partial charge in [-0.15, -0.1) is 0 Å². The summed E-state index contributed by atoms with van der Waals surface area (Å²) in [7, 11) is 0. The predicted molar refractivity (Wildman–Crippen MR) is 164 cm³/mol. The van der Waals surface area contributed by atoms with Gasteiger partial charge in [-0.05, 0) is 46.7 Å². The SMILES string of the molecule is C1=CC2=NC(c3ccccc3)=C(c3ccc(-n4c5ccccc5c5c6ccccc6ccc54)cc3)NC2C=C1. The van der Waals surface area contributed by atoms with E-state index >= 15 is 0 Å². The second-order valence-corrected chi connectivity index (χ2v) is 10.1. The minimum atomic E-state index is 0.0720. The first-order valence-corrected chi connectivity index (χ1v) is 13.4. The largest absolute Gasteiger partial charge is 0.371 e. The number of fused-ring (bicyclic) bond motifs is 6. The van der Waals surface area contributed by atoms with Crippen LogP contribution in [0.5, 0.6) is 0 Å². The Morgan fingerprint density at radius 3 is 2.26 bits per heavy atom. The van der Waals surface area contributed by atoms with Gasteiger partial charge in [0.25, 0.3) is 0 Å². The van der Waals surface area contributed by atoms with Crippen LogP contribution in [0.3, 0.4) is 0 Å². The fourth-order valence-electron chi connectivity index (χ4n) is 5.99. The van der Waals surface area contributed by atoms with Crippen LogP contribution in [-0.4, -0.2) is 16.3 Å². The van der Waals surface area contributed by atoms with Crippen LogP contribution >= 0.6 is 0 Å². The molecule has 0 saturated carbocycles. The number of hydrogen-bond acceptors (Lipinski definition) is 2. The zero-order valence-corrected chi connectivity index (χ0v) is 21.3. The summed E-state index contributed by atoms with van der Waals surface area (Å²) in [5.74, 6) is 0. The first-order valence-electron chi connectivity index (χ1n) is 13.4. The molecule has 1 unspecified atom stereocenters. The van der Waals surface area contributed by atoms with Crippen LogP contribution in [0.25, 0.3) is 49.7 Å². The van der Waals surface area contributed by atoms with Crippen LogP contribution in [0, 0.1) is 0 Å². The Hall–Kier alpha value is -5.15. The maximum absolute atomic E-state index is 5.11. The molecule has 2 heterocycles. The number of benzene rings is 5. The molecule has 0 spiro atoms. The van der Waals surface area contributed by atoms with E-state index in [1.54, 1.807) is 0 Å². The molecule has 2 aliphatic rings. The molecular weight excluding hydrogens is 474 g/mol. The summed E-state index contributed by atoms with van der Waals surface area (Å²) in [5.41, 5.74) is 8.85. The molecule has 1 aromatic heterocycles. The first-order chi connectivity index (χ1) is 19.3. The Labute approximate surface area is 226 Å². The van der Waals surface area contributed by atoms with E-state index in [1.165, 1.54) is 32.6 Å². The van der Waals surface area contributed by atoms with Gasteiger partial charge >= 0.3 is 0 Å². The maximum Gasteiger partial charge on any atom is 0.0944 e. The monoisotopic (exact) mass is 499 g/mol. The molecular formula is C36H25N3. The van der Waals surface area contributed by atoms with Gasteiger partial charge in [0.1, 0.15) is 0 Å². The van der Waals surface area contributed by atoms with Crippen molar-refractivity contribution in [3.05, 3.63) is 151 Å². The van der Waals surface area contributed by atoms with Gasteiger partial charge in [-0.1, -0.05) is 109 Å². The third-order valence-corrected chi connectivity index (χ3v) is 7.80. The second-order valence-electron chi connectivity index (χ2n) is 10.1. The summed E-state index contributed by atoms with van der Waals surface area (Å²) in [5, 5.41) is 8.88. The molecule has 3 heteroatoms. The van der Waals surface area contributed by atoms with Gasteiger partial charge in [-0.25, -0.2) is 4.99 Å². The molecule has 0 saturated heterocycles. The van der Waals surface area contributed by atoms with Crippen molar-refractivity contribution in [3.63, 3.8) is 0 Å². The average molecular weight is 500 g/mol. The Morgan fingerprint density at radius 1 is 0.615 bits per heavy atom. The van der Waals surface area contributed by atoms with Gasteiger partial charge in [0.2, 0.25) is 0 Å². The molecule has 6 aromatic rings. The van der Waals surface area contributed by atoms with Gasteiger partial charge in [0.15, 0.2) is 0 Å². The first kappa shape index (κ1) is 21.9. The van der Waals surface area contributed by atoms with Crippen LogP contribution in [0.1, 0.15) is 11.1 Å².